The third-order valence-electron chi connectivity index (χ3n) is 7.24. The molecule has 2 aromatic heterocycles. The zero-order chi connectivity index (χ0) is 28.4. The van der Waals surface area contributed by atoms with Gasteiger partial charge in [-0.05, 0) is 42.5 Å². The Morgan fingerprint density at radius 2 is 1.90 bits per heavy atom. The summed E-state index contributed by atoms with van der Waals surface area (Å²) in [5.41, 5.74) is 5.07. The summed E-state index contributed by atoms with van der Waals surface area (Å²) in [7, 11) is 0. The Bertz CT molecular complexity index is 1780. The zero-order valence-corrected chi connectivity index (χ0v) is 24.3. The SMILES string of the molecule is C=CCn1cc(/C=c2\sc3n(c2=O)[C@H](c2ccc(C(C)C)cc2)C(C(=O)OCC)=C(CCC)N=3)c2ccccc21. The molecule has 40 heavy (non-hydrogen) atoms. The summed E-state index contributed by atoms with van der Waals surface area (Å²) in [5, 5.41) is 1.06. The Hall–Kier alpha value is -3.97. The molecule has 6 nitrogen and oxygen atoms in total. The van der Waals surface area contributed by atoms with E-state index in [1.54, 1.807) is 11.5 Å². The molecule has 1 atom stereocenters. The van der Waals surface area contributed by atoms with Gasteiger partial charge in [0.2, 0.25) is 0 Å². The molecule has 4 aromatic rings. The Balaban J connectivity index is 1.75. The molecule has 0 amide bonds. The first kappa shape index (κ1) is 27.6. The van der Waals surface area contributed by atoms with Gasteiger partial charge in [0.05, 0.1) is 28.5 Å². The Labute approximate surface area is 238 Å². The molecule has 1 aliphatic rings. The van der Waals surface area contributed by atoms with Crippen LogP contribution in [0.4, 0.5) is 0 Å². The maximum Gasteiger partial charge on any atom is 0.338 e. The standard InChI is InChI=1S/C33H35N3O3S/c1-6-11-26-29(32(38)39-8-3)30(23-16-14-22(15-17-23)21(4)5)36-31(37)28(40-33(36)34-26)19-24-20-35(18-7-2)27-13-10-9-12-25(24)27/h7,9-10,12-17,19-21,30H,2,6,8,11,18H2,1,3-5H3/b28-19-/t30-/m1/s1. The van der Waals surface area contributed by atoms with Crippen molar-refractivity contribution in [1.82, 2.24) is 9.13 Å². The van der Waals surface area contributed by atoms with Crippen molar-refractivity contribution in [2.75, 3.05) is 6.61 Å². The number of nitrogens with zero attached hydrogens (tertiary/aromatic N) is 3. The smallest absolute Gasteiger partial charge is 0.338 e. The highest BCUT2D eigenvalue weighted by atomic mass is 32.1. The van der Waals surface area contributed by atoms with Crippen LogP contribution < -0.4 is 14.9 Å². The van der Waals surface area contributed by atoms with Gasteiger partial charge in [0, 0.05) is 29.2 Å². The van der Waals surface area contributed by atoms with Crippen molar-refractivity contribution < 1.29 is 9.53 Å². The maximum absolute atomic E-state index is 14.1. The van der Waals surface area contributed by atoms with Crippen LogP contribution in [0.5, 0.6) is 0 Å². The minimum Gasteiger partial charge on any atom is -0.463 e. The first-order chi connectivity index (χ1) is 19.4. The number of allylic oxidation sites excluding steroid dienone is 2. The summed E-state index contributed by atoms with van der Waals surface area (Å²) in [6.07, 6.45) is 7.30. The monoisotopic (exact) mass is 553 g/mol. The molecule has 2 aromatic carbocycles. The molecule has 3 heterocycles. The van der Waals surface area contributed by atoms with Gasteiger partial charge in [-0.3, -0.25) is 9.36 Å². The van der Waals surface area contributed by atoms with Crippen LogP contribution in [0.25, 0.3) is 17.0 Å². The van der Waals surface area contributed by atoms with Crippen molar-refractivity contribution in [3.8, 4) is 0 Å². The molecule has 0 N–H and O–H groups in total. The molecule has 0 radical (unpaired) electrons. The van der Waals surface area contributed by atoms with Gasteiger partial charge in [-0.25, -0.2) is 9.79 Å². The molecule has 0 fully saturated rings. The van der Waals surface area contributed by atoms with E-state index in [9.17, 15) is 9.59 Å². The first-order valence-corrected chi connectivity index (χ1v) is 14.7. The predicted molar refractivity (Wildman–Crippen MR) is 162 cm³/mol. The van der Waals surface area contributed by atoms with Crippen molar-refractivity contribution in [2.24, 2.45) is 4.99 Å². The molecule has 7 heteroatoms. The fourth-order valence-corrected chi connectivity index (χ4v) is 6.33. The number of para-hydroxylation sites is 1. The highest BCUT2D eigenvalue weighted by Crippen LogP contribution is 2.33. The number of ether oxygens (including phenoxy) is 1. The third-order valence-corrected chi connectivity index (χ3v) is 8.23. The highest BCUT2D eigenvalue weighted by Gasteiger charge is 2.34. The molecule has 206 valence electrons. The highest BCUT2D eigenvalue weighted by molar-refractivity contribution is 7.07. The number of fused-ring (bicyclic) bond motifs is 2. The molecular formula is C33H35N3O3S. The van der Waals surface area contributed by atoms with Crippen LogP contribution in [0.3, 0.4) is 0 Å². The minimum absolute atomic E-state index is 0.167. The Morgan fingerprint density at radius 3 is 2.58 bits per heavy atom. The van der Waals surface area contributed by atoms with Crippen LogP contribution in [0.2, 0.25) is 0 Å². The van der Waals surface area contributed by atoms with Crippen molar-refractivity contribution in [3.05, 3.63) is 115 Å². The van der Waals surface area contributed by atoms with Crippen molar-refractivity contribution >= 4 is 34.3 Å². The first-order valence-electron chi connectivity index (χ1n) is 13.9. The van der Waals surface area contributed by atoms with Crippen LogP contribution in [0.15, 0.2) is 88.4 Å². The quantitative estimate of drug-likeness (QED) is 0.193. The lowest BCUT2D eigenvalue weighted by atomic mass is 9.92. The summed E-state index contributed by atoms with van der Waals surface area (Å²) >= 11 is 1.36. The van der Waals surface area contributed by atoms with Crippen LogP contribution in [-0.2, 0) is 16.1 Å². The largest absolute Gasteiger partial charge is 0.463 e. The van der Waals surface area contributed by atoms with Gasteiger partial charge in [-0.1, -0.05) is 87.1 Å². The second kappa shape index (κ2) is 11.6. The lowest BCUT2D eigenvalue weighted by Gasteiger charge is -2.26. The number of aromatic nitrogens is 2. The minimum atomic E-state index is -0.609. The van der Waals surface area contributed by atoms with Crippen LogP contribution >= 0.6 is 11.3 Å². The molecule has 1 aliphatic heterocycles. The fourth-order valence-electron chi connectivity index (χ4n) is 5.32. The molecule has 0 spiro atoms. The molecule has 0 saturated carbocycles. The van der Waals surface area contributed by atoms with Gasteiger partial charge in [0.15, 0.2) is 4.80 Å². The fraction of sp³-hybridized carbons (Fsp3) is 0.303. The number of benzene rings is 2. The number of hydrogen-bond acceptors (Lipinski definition) is 5. The normalized spacial score (nSPS) is 15.4. The second-order valence-corrected chi connectivity index (χ2v) is 11.3. The van der Waals surface area contributed by atoms with E-state index in [1.165, 1.54) is 16.9 Å². The van der Waals surface area contributed by atoms with Gasteiger partial charge in [-0.15, -0.1) is 6.58 Å². The van der Waals surface area contributed by atoms with Gasteiger partial charge < -0.3 is 9.30 Å². The van der Waals surface area contributed by atoms with E-state index in [0.29, 0.717) is 39.5 Å². The average Bonchev–Trinajstić information content (AvgIpc) is 3.45. The topological polar surface area (TPSA) is 65.6 Å². The lowest BCUT2D eigenvalue weighted by Crippen LogP contribution is -2.40. The van der Waals surface area contributed by atoms with E-state index in [0.717, 1.165) is 28.5 Å². The van der Waals surface area contributed by atoms with Gasteiger partial charge in [0.1, 0.15) is 0 Å². The molecule has 0 saturated heterocycles. The molecule has 0 bridgehead atoms. The molecule has 5 rings (SSSR count). The van der Waals surface area contributed by atoms with E-state index in [1.807, 2.05) is 36.4 Å². The van der Waals surface area contributed by atoms with E-state index in [4.69, 9.17) is 9.73 Å². The molecule has 0 unspecified atom stereocenters. The average molecular weight is 554 g/mol. The Kier molecular flexibility index (Phi) is 8.03. The predicted octanol–water partition coefficient (Wildman–Crippen LogP) is 5.84. The number of carbonyl (C=O) groups is 1. The molecular weight excluding hydrogens is 518 g/mol. The second-order valence-electron chi connectivity index (χ2n) is 10.3. The van der Waals surface area contributed by atoms with E-state index >= 15 is 0 Å². The van der Waals surface area contributed by atoms with E-state index in [-0.39, 0.29) is 12.2 Å². The van der Waals surface area contributed by atoms with E-state index in [2.05, 4.69) is 62.4 Å². The van der Waals surface area contributed by atoms with Gasteiger partial charge in [0.25, 0.3) is 5.56 Å². The Morgan fingerprint density at radius 1 is 1.15 bits per heavy atom. The van der Waals surface area contributed by atoms with Crippen molar-refractivity contribution in [1.29, 1.82) is 0 Å². The van der Waals surface area contributed by atoms with Crippen LogP contribution in [-0.4, -0.2) is 21.7 Å². The summed E-state index contributed by atoms with van der Waals surface area (Å²) < 4.78 is 9.89. The lowest BCUT2D eigenvalue weighted by molar-refractivity contribution is -0.139. The number of hydrogen-bond donors (Lipinski definition) is 0. The van der Waals surface area contributed by atoms with Crippen molar-refractivity contribution in [3.63, 3.8) is 0 Å². The summed E-state index contributed by atoms with van der Waals surface area (Å²) in [6.45, 7) is 13.0. The summed E-state index contributed by atoms with van der Waals surface area (Å²) in [5.74, 6) is -0.0515. The van der Waals surface area contributed by atoms with Crippen LogP contribution in [0, 0.1) is 0 Å². The van der Waals surface area contributed by atoms with E-state index < -0.39 is 12.0 Å². The maximum atomic E-state index is 14.1. The number of esters is 1. The van der Waals surface area contributed by atoms with Crippen molar-refractivity contribution in [2.45, 2.75) is 59.0 Å². The summed E-state index contributed by atoms with van der Waals surface area (Å²) in [4.78, 5) is 33.0. The number of thiazole rings is 1. The van der Waals surface area contributed by atoms with Gasteiger partial charge in [-0.2, -0.15) is 0 Å². The number of rotatable bonds is 9. The third kappa shape index (κ3) is 5.02. The summed E-state index contributed by atoms with van der Waals surface area (Å²) in [6, 6.07) is 15.7. The zero-order valence-electron chi connectivity index (χ0n) is 23.5. The van der Waals surface area contributed by atoms with Gasteiger partial charge >= 0.3 is 5.97 Å². The van der Waals surface area contributed by atoms with Crippen LogP contribution in [0.1, 0.15) is 69.2 Å². The molecule has 0 aliphatic carbocycles. The number of carbonyl (C=O) groups excluding carboxylic acids is 1.